The Morgan fingerprint density at radius 2 is 1.31 bits per heavy atom. The number of hydrogen-bond acceptors (Lipinski definition) is 6. The molecule has 1 aliphatic rings. The zero-order chi connectivity index (χ0) is 25.9. The molecule has 8 heteroatoms. The van der Waals surface area contributed by atoms with Gasteiger partial charge in [-0.25, -0.2) is 0 Å². The van der Waals surface area contributed by atoms with Crippen molar-refractivity contribution in [2.75, 3.05) is 40.3 Å². The van der Waals surface area contributed by atoms with Crippen molar-refractivity contribution in [1.29, 1.82) is 0 Å². The molecule has 1 fully saturated rings. The van der Waals surface area contributed by atoms with Gasteiger partial charge < -0.3 is 24.0 Å². The molecule has 3 aromatic carbocycles. The van der Waals surface area contributed by atoms with Crippen molar-refractivity contribution in [3.63, 3.8) is 0 Å². The van der Waals surface area contributed by atoms with Crippen LogP contribution in [0.5, 0.6) is 17.2 Å². The second-order valence-corrected chi connectivity index (χ2v) is 10.1. The minimum Gasteiger partial charge on any atom is -0.497 e. The number of ether oxygens (including phenoxy) is 3. The van der Waals surface area contributed by atoms with Crippen molar-refractivity contribution < 1.29 is 23.8 Å². The quantitative estimate of drug-likeness (QED) is 0.437. The molecule has 188 valence electrons. The van der Waals surface area contributed by atoms with E-state index in [1.807, 2.05) is 72.8 Å². The van der Waals surface area contributed by atoms with Gasteiger partial charge in [-0.1, -0.05) is 12.1 Å². The number of benzene rings is 3. The standard InChI is InChI=1S/C28H30N2O5S/c1-29(2)27(32)28(36-24-16-14-23(35-5)15-17-24)18-25(31)30(20-8-12-22(34-4)13-9-20)26(28)19-6-10-21(33-3)11-7-19/h6-17,26H,18H2,1-5H3/t26-,28-/m1/s1. The van der Waals surface area contributed by atoms with E-state index in [0.717, 1.165) is 16.2 Å². The third-order valence-corrected chi connectivity index (χ3v) is 7.71. The van der Waals surface area contributed by atoms with Gasteiger partial charge in [-0.2, -0.15) is 0 Å². The van der Waals surface area contributed by atoms with E-state index in [1.165, 1.54) is 11.8 Å². The fourth-order valence-corrected chi connectivity index (χ4v) is 6.07. The van der Waals surface area contributed by atoms with E-state index in [1.54, 1.807) is 45.2 Å². The number of carbonyl (C=O) groups is 2. The first kappa shape index (κ1) is 25.4. The van der Waals surface area contributed by atoms with Crippen LogP contribution in [0.2, 0.25) is 0 Å². The predicted octanol–water partition coefficient (Wildman–Crippen LogP) is 4.81. The molecule has 36 heavy (non-hydrogen) atoms. The van der Waals surface area contributed by atoms with Crippen LogP contribution in [-0.4, -0.2) is 56.9 Å². The van der Waals surface area contributed by atoms with Gasteiger partial charge in [0, 0.05) is 24.7 Å². The zero-order valence-electron chi connectivity index (χ0n) is 21.1. The lowest BCUT2D eigenvalue weighted by Gasteiger charge is -2.38. The third-order valence-electron chi connectivity index (χ3n) is 6.29. The highest BCUT2D eigenvalue weighted by molar-refractivity contribution is 8.01. The summed E-state index contributed by atoms with van der Waals surface area (Å²) in [6, 6.07) is 21.9. The summed E-state index contributed by atoms with van der Waals surface area (Å²) >= 11 is 1.41. The van der Waals surface area contributed by atoms with Crippen LogP contribution < -0.4 is 19.1 Å². The monoisotopic (exact) mass is 506 g/mol. The Hall–Kier alpha value is -3.65. The Labute approximate surface area is 215 Å². The Balaban J connectivity index is 1.89. The lowest BCUT2D eigenvalue weighted by molar-refractivity contribution is -0.132. The highest BCUT2D eigenvalue weighted by atomic mass is 32.2. The summed E-state index contributed by atoms with van der Waals surface area (Å²) < 4.78 is 14.9. The first-order chi connectivity index (χ1) is 17.3. The number of thioether (sulfide) groups is 1. The van der Waals surface area contributed by atoms with E-state index in [2.05, 4.69) is 0 Å². The number of anilines is 1. The largest absolute Gasteiger partial charge is 0.497 e. The highest BCUT2D eigenvalue weighted by Gasteiger charge is 2.59. The lowest BCUT2D eigenvalue weighted by Crippen LogP contribution is -2.47. The summed E-state index contributed by atoms with van der Waals surface area (Å²) in [7, 11) is 8.27. The Bertz CT molecular complexity index is 1210. The van der Waals surface area contributed by atoms with Crippen molar-refractivity contribution in [3.8, 4) is 17.2 Å². The Kier molecular flexibility index (Phi) is 7.45. The number of nitrogens with zero attached hydrogens (tertiary/aromatic N) is 2. The molecule has 1 heterocycles. The van der Waals surface area contributed by atoms with E-state index in [9.17, 15) is 9.59 Å². The molecule has 0 saturated carbocycles. The number of amides is 2. The summed E-state index contributed by atoms with van der Waals surface area (Å²) in [5.41, 5.74) is 1.54. The molecule has 0 unspecified atom stereocenters. The average Bonchev–Trinajstić information content (AvgIpc) is 3.20. The first-order valence-electron chi connectivity index (χ1n) is 11.5. The second-order valence-electron chi connectivity index (χ2n) is 8.68. The molecule has 0 N–H and O–H groups in total. The molecule has 0 aromatic heterocycles. The van der Waals surface area contributed by atoms with Crippen LogP contribution in [0.3, 0.4) is 0 Å². The zero-order valence-corrected chi connectivity index (χ0v) is 21.9. The molecule has 0 spiro atoms. The Morgan fingerprint density at radius 1 is 0.833 bits per heavy atom. The fourth-order valence-electron chi connectivity index (χ4n) is 4.56. The summed E-state index contributed by atoms with van der Waals surface area (Å²) in [6.45, 7) is 0. The van der Waals surface area contributed by atoms with Gasteiger partial charge in [-0.05, 0) is 66.2 Å². The van der Waals surface area contributed by atoms with Gasteiger partial charge in [0.1, 0.15) is 22.0 Å². The topological polar surface area (TPSA) is 68.3 Å². The second kappa shape index (κ2) is 10.5. The van der Waals surface area contributed by atoms with E-state index in [4.69, 9.17) is 14.2 Å². The van der Waals surface area contributed by atoms with Crippen molar-refractivity contribution in [2.24, 2.45) is 0 Å². The molecular weight excluding hydrogens is 476 g/mol. The molecule has 3 aromatic rings. The van der Waals surface area contributed by atoms with Crippen LogP contribution in [-0.2, 0) is 9.59 Å². The SMILES string of the molecule is COc1ccc(S[C@]2(C(=O)N(C)C)CC(=O)N(c3ccc(OC)cc3)[C@@H]2c2ccc(OC)cc2)cc1. The molecule has 0 bridgehead atoms. The molecule has 0 radical (unpaired) electrons. The molecule has 2 amide bonds. The van der Waals surface area contributed by atoms with Gasteiger partial charge in [-0.15, -0.1) is 11.8 Å². The maximum Gasteiger partial charge on any atom is 0.241 e. The third kappa shape index (κ3) is 4.73. The number of rotatable bonds is 8. The minimum absolute atomic E-state index is 0.0451. The van der Waals surface area contributed by atoms with E-state index in [0.29, 0.717) is 17.2 Å². The molecule has 0 aliphatic carbocycles. The minimum atomic E-state index is -1.11. The van der Waals surface area contributed by atoms with Crippen LogP contribution in [0.4, 0.5) is 5.69 Å². The van der Waals surface area contributed by atoms with Crippen molar-refractivity contribution in [3.05, 3.63) is 78.4 Å². The normalized spacial score (nSPS) is 19.2. The van der Waals surface area contributed by atoms with Gasteiger partial charge in [0.25, 0.3) is 0 Å². The average molecular weight is 507 g/mol. The van der Waals surface area contributed by atoms with E-state index < -0.39 is 10.8 Å². The molecule has 7 nitrogen and oxygen atoms in total. The smallest absolute Gasteiger partial charge is 0.241 e. The van der Waals surface area contributed by atoms with Crippen molar-refractivity contribution in [2.45, 2.75) is 22.1 Å². The van der Waals surface area contributed by atoms with Crippen LogP contribution in [0.15, 0.2) is 77.7 Å². The maximum atomic E-state index is 14.0. The van der Waals surface area contributed by atoms with Gasteiger partial charge in [0.15, 0.2) is 0 Å². The molecule has 1 saturated heterocycles. The highest BCUT2D eigenvalue weighted by Crippen LogP contribution is 2.54. The van der Waals surface area contributed by atoms with Crippen LogP contribution >= 0.6 is 11.8 Å². The first-order valence-corrected chi connectivity index (χ1v) is 12.3. The van der Waals surface area contributed by atoms with Crippen LogP contribution in [0.25, 0.3) is 0 Å². The van der Waals surface area contributed by atoms with Crippen LogP contribution in [0.1, 0.15) is 18.0 Å². The van der Waals surface area contributed by atoms with Crippen molar-refractivity contribution in [1.82, 2.24) is 4.90 Å². The molecule has 1 aliphatic heterocycles. The Morgan fingerprint density at radius 3 is 1.78 bits per heavy atom. The van der Waals surface area contributed by atoms with E-state index >= 15 is 0 Å². The predicted molar refractivity (Wildman–Crippen MR) is 141 cm³/mol. The number of hydrogen-bond donors (Lipinski definition) is 0. The molecule has 4 rings (SSSR count). The van der Waals surface area contributed by atoms with Gasteiger partial charge in [0.2, 0.25) is 11.8 Å². The van der Waals surface area contributed by atoms with E-state index in [-0.39, 0.29) is 18.2 Å². The summed E-state index contributed by atoms with van der Waals surface area (Å²) in [4.78, 5) is 31.9. The maximum absolute atomic E-state index is 14.0. The van der Waals surface area contributed by atoms with Crippen LogP contribution in [0, 0.1) is 0 Å². The van der Waals surface area contributed by atoms with Gasteiger partial charge in [0.05, 0.1) is 33.8 Å². The fraction of sp³-hybridized carbons (Fsp3) is 0.286. The van der Waals surface area contributed by atoms with Gasteiger partial charge >= 0.3 is 0 Å². The number of carbonyl (C=O) groups excluding carboxylic acids is 2. The van der Waals surface area contributed by atoms with Crippen molar-refractivity contribution >= 4 is 29.3 Å². The molecular formula is C28H30N2O5S. The summed E-state index contributed by atoms with van der Waals surface area (Å²) in [6.07, 6.45) is 0.0451. The lowest BCUT2D eigenvalue weighted by atomic mass is 9.91. The number of methoxy groups -OCH3 is 3. The summed E-state index contributed by atoms with van der Waals surface area (Å²) in [5, 5.41) is 0. The summed E-state index contributed by atoms with van der Waals surface area (Å²) in [5.74, 6) is 1.85. The molecule has 2 atom stereocenters. The van der Waals surface area contributed by atoms with Gasteiger partial charge in [-0.3, -0.25) is 9.59 Å².